The molecule has 0 radical (unpaired) electrons. The van der Waals surface area contributed by atoms with Gasteiger partial charge in [0.15, 0.2) is 18.1 Å². The van der Waals surface area contributed by atoms with E-state index >= 15 is 0 Å². The second-order valence-corrected chi connectivity index (χ2v) is 5.77. The first-order valence-electron chi connectivity index (χ1n) is 8.36. The molecule has 0 fully saturated rings. The number of ether oxygens (including phenoxy) is 2. The van der Waals surface area contributed by atoms with E-state index in [0.717, 1.165) is 5.56 Å². The molecule has 138 valence electrons. The zero-order chi connectivity index (χ0) is 18.9. The van der Waals surface area contributed by atoms with Gasteiger partial charge in [-0.3, -0.25) is 9.59 Å². The molecule has 1 aromatic rings. The number of rotatable bonds is 10. The first kappa shape index (κ1) is 20.5. The Balaban J connectivity index is 2.66. The van der Waals surface area contributed by atoms with Crippen LogP contribution >= 0.6 is 0 Å². The Morgan fingerprint density at radius 1 is 1.24 bits per heavy atom. The maximum Gasteiger partial charge on any atom is 0.311 e. The largest absolute Gasteiger partial charge is 0.493 e. The van der Waals surface area contributed by atoms with Crippen molar-refractivity contribution in [1.29, 1.82) is 0 Å². The van der Waals surface area contributed by atoms with Gasteiger partial charge in [0.1, 0.15) is 0 Å². The smallest absolute Gasteiger partial charge is 0.311 e. The fourth-order valence-corrected chi connectivity index (χ4v) is 2.44. The minimum Gasteiger partial charge on any atom is -0.493 e. The van der Waals surface area contributed by atoms with Crippen LogP contribution in [0.25, 0.3) is 6.08 Å². The summed E-state index contributed by atoms with van der Waals surface area (Å²) < 4.78 is 10.8. The van der Waals surface area contributed by atoms with E-state index in [-0.39, 0.29) is 19.1 Å². The molecule has 0 saturated heterocycles. The number of nitrogens with one attached hydrogen (secondary N) is 1. The van der Waals surface area contributed by atoms with Crippen LogP contribution in [0.15, 0.2) is 24.3 Å². The summed E-state index contributed by atoms with van der Waals surface area (Å²) in [5.41, 5.74) is 0.0230. The topological polar surface area (TPSA) is 84.9 Å². The lowest BCUT2D eigenvalue weighted by Gasteiger charge is -2.26. The number of carboxylic acids is 1. The van der Waals surface area contributed by atoms with Crippen molar-refractivity contribution < 1.29 is 24.2 Å². The predicted molar refractivity (Wildman–Crippen MR) is 96.9 cm³/mol. The van der Waals surface area contributed by atoms with Gasteiger partial charge in [-0.25, -0.2) is 0 Å². The van der Waals surface area contributed by atoms with Crippen molar-refractivity contribution in [1.82, 2.24) is 5.32 Å². The molecule has 0 saturated carbocycles. The van der Waals surface area contributed by atoms with Crippen LogP contribution in [-0.4, -0.2) is 37.2 Å². The fraction of sp³-hybridized carbons (Fsp3) is 0.474. The van der Waals surface area contributed by atoms with Crippen molar-refractivity contribution in [3.8, 4) is 11.5 Å². The van der Waals surface area contributed by atoms with E-state index in [0.29, 0.717) is 24.3 Å². The van der Waals surface area contributed by atoms with Crippen molar-refractivity contribution in [2.24, 2.45) is 5.41 Å². The van der Waals surface area contributed by atoms with Crippen LogP contribution in [0.3, 0.4) is 0 Å². The lowest BCUT2D eigenvalue weighted by molar-refractivity contribution is -0.149. The molecule has 0 spiro atoms. The molecule has 0 aliphatic rings. The average Bonchev–Trinajstić information content (AvgIpc) is 2.61. The highest BCUT2D eigenvalue weighted by atomic mass is 16.5. The summed E-state index contributed by atoms with van der Waals surface area (Å²) in [4.78, 5) is 23.4. The van der Waals surface area contributed by atoms with Gasteiger partial charge in [-0.2, -0.15) is 0 Å². The number of carbonyl (C=O) groups excluding carboxylic acids is 1. The Kier molecular flexibility index (Phi) is 7.98. The summed E-state index contributed by atoms with van der Waals surface area (Å²) in [5, 5.41) is 12.0. The van der Waals surface area contributed by atoms with Crippen molar-refractivity contribution in [2.45, 2.75) is 33.6 Å². The maximum atomic E-state index is 12.0. The van der Waals surface area contributed by atoms with Gasteiger partial charge in [-0.05, 0) is 37.5 Å². The van der Waals surface area contributed by atoms with Crippen molar-refractivity contribution in [3.63, 3.8) is 0 Å². The zero-order valence-electron chi connectivity index (χ0n) is 15.3. The lowest BCUT2D eigenvalue weighted by atomic mass is 9.82. The van der Waals surface area contributed by atoms with E-state index in [4.69, 9.17) is 9.47 Å². The third-order valence-electron chi connectivity index (χ3n) is 4.34. The number of carbonyl (C=O) groups is 2. The number of benzene rings is 1. The van der Waals surface area contributed by atoms with E-state index in [1.807, 2.05) is 31.2 Å². The number of carboxylic acid groups (broad SMARTS) is 1. The summed E-state index contributed by atoms with van der Waals surface area (Å²) in [6, 6.07) is 5.41. The van der Waals surface area contributed by atoms with E-state index in [2.05, 4.69) is 5.32 Å². The van der Waals surface area contributed by atoms with Crippen LogP contribution < -0.4 is 14.8 Å². The number of aliphatic carboxylic acids is 1. The molecule has 6 nitrogen and oxygen atoms in total. The summed E-state index contributed by atoms with van der Waals surface area (Å²) in [7, 11) is 1.53. The summed E-state index contributed by atoms with van der Waals surface area (Å²) >= 11 is 0. The van der Waals surface area contributed by atoms with Crippen LogP contribution in [0.5, 0.6) is 11.5 Å². The first-order valence-corrected chi connectivity index (χ1v) is 8.36. The van der Waals surface area contributed by atoms with E-state index in [1.54, 1.807) is 19.9 Å². The average molecular weight is 349 g/mol. The van der Waals surface area contributed by atoms with E-state index < -0.39 is 11.4 Å². The Bertz CT molecular complexity index is 620. The van der Waals surface area contributed by atoms with Gasteiger partial charge >= 0.3 is 5.97 Å². The van der Waals surface area contributed by atoms with Crippen LogP contribution in [0.2, 0.25) is 0 Å². The number of hydrogen-bond donors (Lipinski definition) is 2. The lowest BCUT2D eigenvalue weighted by Crippen LogP contribution is -2.43. The third-order valence-corrected chi connectivity index (χ3v) is 4.34. The van der Waals surface area contributed by atoms with Gasteiger partial charge in [0, 0.05) is 6.54 Å². The van der Waals surface area contributed by atoms with Crippen molar-refractivity contribution in [3.05, 3.63) is 29.8 Å². The SMILES string of the molecule is C/C=C/c1ccc(OCC(=O)NCC(CC)(CC)C(=O)O)c(OC)c1. The van der Waals surface area contributed by atoms with Crippen molar-refractivity contribution >= 4 is 18.0 Å². The van der Waals surface area contributed by atoms with Crippen LogP contribution in [-0.2, 0) is 9.59 Å². The molecular formula is C19H27NO5. The maximum absolute atomic E-state index is 12.0. The Hall–Kier alpha value is -2.50. The summed E-state index contributed by atoms with van der Waals surface area (Å²) in [5.74, 6) is -0.279. The second-order valence-electron chi connectivity index (χ2n) is 5.77. The van der Waals surface area contributed by atoms with Gasteiger partial charge in [-0.15, -0.1) is 0 Å². The molecule has 2 N–H and O–H groups in total. The van der Waals surface area contributed by atoms with Crippen molar-refractivity contribution in [2.75, 3.05) is 20.3 Å². The molecule has 25 heavy (non-hydrogen) atoms. The Labute approximate surface area is 148 Å². The minimum absolute atomic E-state index is 0.0783. The molecule has 0 aromatic heterocycles. The van der Waals surface area contributed by atoms with Crippen LogP contribution in [0, 0.1) is 5.41 Å². The highest BCUT2D eigenvalue weighted by Crippen LogP contribution is 2.29. The molecule has 0 unspecified atom stereocenters. The summed E-state index contributed by atoms with van der Waals surface area (Å²) in [6.07, 6.45) is 4.74. The molecule has 0 aliphatic heterocycles. The molecule has 1 rings (SSSR count). The standard InChI is InChI=1S/C19H27NO5/c1-5-8-14-9-10-15(16(11-14)24-4)25-12-17(21)20-13-19(6-2,7-3)18(22)23/h5,8-11H,6-7,12-13H2,1-4H3,(H,20,21)(H,22,23)/b8-5+. The molecule has 0 heterocycles. The highest BCUT2D eigenvalue weighted by molar-refractivity contribution is 5.80. The first-order chi connectivity index (χ1) is 11.9. The zero-order valence-corrected chi connectivity index (χ0v) is 15.3. The Morgan fingerprint density at radius 2 is 1.92 bits per heavy atom. The molecule has 0 atom stereocenters. The monoisotopic (exact) mass is 349 g/mol. The quantitative estimate of drug-likeness (QED) is 0.678. The minimum atomic E-state index is -0.943. The van der Waals surface area contributed by atoms with E-state index in [9.17, 15) is 14.7 Å². The molecule has 0 aliphatic carbocycles. The fourth-order valence-electron chi connectivity index (χ4n) is 2.44. The normalized spacial score (nSPS) is 11.4. The van der Waals surface area contributed by atoms with Gasteiger partial charge in [0.25, 0.3) is 5.91 Å². The summed E-state index contributed by atoms with van der Waals surface area (Å²) in [6.45, 7) is 5.40. The Morgan fingerprint density at radius 3 is 2.44 bits per heavy atom. The number of allylic oxidation sites excluding steroid dienone is 1. The molecule has 1 aromatic carbocycles. The van der Waals surface area contributed by atoms with Crippen LogP contribution in [0.4, 0.5) is 0 Å². The highest BCUT2D eigenvalue weighted by Gasteiger charge is 2.35. The number of methoxy groups -OCH3 is 1. The van der Waals surface area contributed by atoms with Gasteiger partial charge < -0.3 is 19.9 Å². The third kappa shape index (κ3) is 5.52. The molecule has 1 amide bonds. The number of amides is 1. The molecular weight excluding hydrogens is 322 g/mol. The predicted octanol–water partition coefficient (Wildman–Crippen LogP) is 3.11. The van der Waals surface area contributed by atoms with Gasteiger partial charge in [0.2, 0.25) is 0 Å². The van der Waals surface area contributed by atoms with Gasteiger partial charge in [-0.1, -0.05) is 32.1 Å². The van der Waals surface area contributed by atoms with E-state index in [1.165, 1.54) is 7.11 Å². The van der Waals surface area contributed by atoms with Crippen LogP contribution in [0.1, 0.15) is 39.2 Å². The number of hydrogen-bond acceptors (Lipinski definition) is 4. The van der Waals surface area contributed by atoms with Gasteiger partial charge in [0.05, 0.1) is 12.5 Å². The molecule has 0 bridgehead atoms. The molecule has 6 heteroatoms. The second kappa shape index (κ2) is 9.71.